The highest BCUT2D eigenvalue weighted by Crippen LogP contribution is 2.25. The molecule has 0 atom stereocenters. The number of rotatable bonds is 4. The minimum absolute atomic E-state index is 0.0227. The third-order valence-electron chi connectivity index (χ3n) is 3.31. The van der Waals surface area contributed by atoms with Crippen LogP contribution in [0.15, 0.2) is 51.7 Å². The third kappa shape index (κ3) is 2.76. The van der Waals surface area contributed by atoms with Gasteiger partial charge >= 0.3 is 11.7 Å². The monoisotopic (exact) mass is 331 g/mol. The maximum absolute atomic E-state index is 12.6. The van der Waals surface area contributed by atoms with Gasteiger partial charge in [0.15, 0.2) is 11.4 Å². The molecular weight excluding hydrogens is 322 g/mol. The lowest BCUT2D eigenvalue weighted by Gasteiger charge is -2.04. The molecule has 0 spiro atoms. The van der Waals surface area contributed by atoms with E-state index in [1.54, 1.807) is 30.3 Å². The lowest BCUT2D eigenvalue weighted by molar-refractivity contribution is -0.137. The second kappa shape index (κ2) is 5.73. The van der Waals surface area contributed by atoms with Crippen LogP contribution in [-0.2, 0) is 11.3 Å². The number of hydrogen-bond acceptors (Lipinski definition) is 4. The molecule has 0 aliphatic rings. The number of hydrogen-bond donors (Lipinski definition) is 1. The Labute approximate surface area is 134 Å². The Morgan fingerprint density at radius 2 is 1.87 bits per heavy atom. The second-order valence-electron chi connectivity index (χ2n) is 4.84. The molecule has 0 amide bonds. The molecule has 1 aromatic heterocycles. The molecule has 2 aromatic carbocycles. The van der Waals surface area contributed by atoms with Gasteiger partial charge in [0.25, 0.3) is 0 Å². The summed E-state index contributed by atoms with van der Waals surface area (Å²) in [5, 5.41) is 9.10. The summed E-state index contributed by atoms with van der Waals surface area (Å²) in [5.74, 6) is -2.42. The molecule has 0 fully saturated rings. The number of halogens is 1. The van der Waals surface area contributed by atoms with Crippen LogP contribution in [-0.4, -0.2) is 21.4 Å². The number of oxazole rings is 1. The molecular formula is C16H10ClNO5. The molecule has 3 rings (SSSR count). The summed E-state index contributed by atoms with van der Waals surface area (Å²) < 4.78 is 6.02. The Morgan fingerprint density at radius 3 is 2.52 bits per heavy atom. The Bertz CT molecular complexity index is 971. The molecule has 0 saturated carbocycles. The highest BCUT2D eigenvalue weighted by Gasteiger charge is 2.21. The smallest absolute Gasteiger partial charge is 0.420 e. The summed E-state index contributed by atoms with van der Waals surface area (Å²) in [4.78, 5) is 35.4. The maximum Gasteiger partial charge on any atom is 0.420 e. The number of carbonyl (C=O) groups is 2. The van der Waals surface area contributed by atoms with E-state index in [0.717, 1.165) is 4.57 Å². The van der Waals surface area contributed by atoms with E-state index in [0.29, 0.717) is 5.56 Å². The van der Waals surface area contributed by atoms with E-state index in [-0.39, 0.29) is 27.5 Å². The van der Waals surface area contributed by atoms with Gasteiger partial charge in [0, 0.05) is 10.6 Å². The number of aliphatic carboxylic acids is 1. The number of ketones is 1. The van der Waals surface area contributed by atoms with E-state index < -0.39 is 18.3 Å². The third-order valence-corrected chi connectivity index (χ3v) is 3.53. The van der Waals surface area contributed by atoms with E-state index >= 15 is 0 Å². The quantitative estimate of drug-likeness (QED) is 0.742. The zero-order chi connectivity index (χ0) is 16.6. The van der Waals surface area contributed by atoms with Gasteiger partial charge in [-0.1, -0.05) is 41.9 Å². The van der Waals surface area contributed by atoms with Crippen LogP contribution in [0.2, 0.25) is 5.02 Å². The molecule has 3 aromatic rings. The zero-order valence-corrected chi connectivity index (χ0v) is 12.4. The number of aromatic nitrogens is 1. The first kappa shape index (κ1) is 15.1. The van der Waals surface area contributed by atoms with Crippen molar-refractivity contribution >= 4 is 34.5 Å². The minimum atomic E-state index is -1.20. The molecule has 0 radical (unpaired) electrons. The Kier molecular flexibility index (Phi) is 3.75. The standard InChI is InChI=1S/C16H10ClNO5/c17-10-6-11(14(21)9-4-2-1-3-5-9)15-12(7-10)18(8-13(19)20)16(22)23-15/h1-7H,8H2,(H,19,20). The van der Waals surface area contributed by atoms with Gasteiger partial charge in [0.2, 0.25) is 0 Å². The van der Waals surface area contributed by atoms with Crippen molar-refractivity contribution in [2.45, 2.75) is 6.54 Å². The van der Waals surface area contributed by atoms with E-state index in [1.165, 1.54) is 12.1 Å². The van der Waals surface area contributed by atoms with Crippen molar-refractivity contribution in [2.24, 2.45) is 0 Å². The van der Waals surface area contributed by atoms with Crippen molar-refractivity contribution in [1.82, 2.24) is 4.57 Å². The maximum atomic E-state index is 12.6. The number of carboxylic acids is 1. The van der Waals surface area contributed by atoms with Crippen LogP contribution < -0.4 is 5.76 Å². The summed E-state index contributed by atoms with van der Waals surface area (Å²) in [6.45, 7) is -0.578. The first-order valence-corrected chi connectivity index (χ1v) is 6.99. The molecule has 0 aliphatic heterocycles. The highest BCUT2D eigenvalue weighted by molar-refractivity contribution is 6.32. The summed E-state index contributed by atoms with van der Waals surface area (Å²) in [5.41, 5.74) is 0.711. The average Bonchev–Trinajstić information content (AvgIpc) is 2.82. The summed E-state index contributed by atoms with van der Waals surface area (Å²) in [6, 6.07) is 11.2. The van der Waals surface area contributed by atoms with Crippen molar-refractivity contribution < 1.29 is 19.1 Å². The van der Waals surface area contributed by atoms with Gasteiger partial charge in [-0.25, -0.2) is 4.79 Å². The Morgan fingerprint density at radius 1 is 1.17 bits per heavy atom. The van der Waals surface area contributed by atoms with E-state index in [9.17, 15) is 14.4 Å². The molecule has 0 saturated heterocycles. The van der Waals surface area contributed by atoms with Gasteiger partial charge in [-0.05, 0) is 12.1 Å². The highest BCUT2D eigenvalue weighted by atomic mass is 35.5. The number of fused-ring (bicyclic) bond motifs is 1. The Balaban J connectivity index is 2.24. The molecule has 7 heteroatoms. The number of carboxylic acid groups (broad SMARTS) is 1. The molecule has 1 heterocycles. The number of benzene rings is 2. The van der Waals surface area contributed by atoms with Gasteiger partial charge in [-0.3, -0.25) is 14.2 Å². The lowest BCUT2D eigenvalue weighted by atomic mass is 10.0. The van der Waals surface area contributed by atoms with Gasteiger partial charge in [0.05, 0.1) is 11.1 Å². The summed E-state index contributed by atoms with van der Waals surface area (Å²) >= 11 is 6.02. The predicted molar refractivity (Wildman–Crippen MR) is 83.0 cm³/mol. The average molecular weight is 332 g/mol. The van der Waals surface area contributed by atoms with Gasteiger partial charge in [-0.15, -0.1) is 0 Å². The number of carbonyl (C=O) groups excluding carboxylic acids is 1. The molecule has 23 heavy (non-hydrogen) atoms. The van der Waals surface area contributed by atoms with Crippen LogP contribution in [0.5, 0.6) is 0 Å². The lowest BCUT2D eigenvalue weighted by Crippen LogP contribution is -2.19. The van der Waals surface area contributed by atoms with Crippen LogP contribution in [0.4, 0.5) is 0 Å². The topological polar surface area (TPSA) is 89.5 Å². The molecule has 6 nitrogen and oxygen atoms in total. The molecule has 116 valence electrons. The van der Waals surface area contributed by atoms with Crippen LogP contribution in [0.25, 0.3) is 11.1 Å². The van der Waals surface area contributed by atoms with E-state index in [4.69, 9.17) is 21.1 Å². The van der Waals surface area contributed by atoms with Crippen molar-refractivity contribution in [3.63, 3.8) is 0 Å². The zero-order valence-electron chi connectivity index (χ0n) is 11.7. The normalized spacial score (nSPS) is 10.8. The second-order valence-corrected chi connectivity index (χ2v) is 5.28. The van der Waals surface area contributed by atoms with Crippen LogP contribution in [0, 0.1) is 0 Å². The van der Waals surface area contributed by atoms with Gasteiger partial charge in [-0.2, -0.15) is 0 Å². The first-order chi connectivity index (χ1) is 11.0. The summed E-state index contributed by atoms with van der Waals surface area (Å²) in [7, 11) is 0. The van der Waals surface area contributed by atoms with E-state index in [1.807, 2.05) is 0 Å². The summed E-state index contributed by atoms with van der Waals surface area (Å²) in [6.07, 6.45) is 0. The number of nitrogens with zero attached hydrogens (tertiary/aromatic N) is 1. The molecule has 0 unspecified atom stereocenters. The van der Waals surface area contributed by atoms with Crippen molar-refractivity contribution in [3.8, 4) is 0 Å². The first-order valence-electron chi connectivity index (χ1n) is 6.62. The van der Waals surface area contributed by atoms with Crippen LogP contribution >= 0.6 is 11.6 Å². The Hall–Kier alpha value is -2.86. The van der Waals surface area contributed by atoms with Crippen molar-refractivity contribution in [3.05, 3.63) is 69.2 Å². The molecule has 1 N–H and O–H groups in total. The van der Waals surface area contributed by atoms with Crippen molar-refractivity contribution in [1.29, 1.82) is 0 Å². The van der Waals surface area contributed by atoms with Crippen LogP contribution in [0.1, 0.15) is 15.9 Å². The van der Waals surface area contributed by atoms with E-state index in [2.05, 4.69) is 0 Å². The fourth-order valence-electron chi connectivity index (χ4n) is 2.33. The minimum Gasteiger partial charge on any atom is -0.480 e. The van der Waals surface area contributed by atoms with Crippen molar-refractivity contribution in [2.75, 3.05) is 0 Å². The fraction of sp³-hybridized carbons (Fsp3) is 0.0625. The fourth-order valence-corrected chi connectivity index (χ4v) is 2.54. The SMILES string of the molecule is O=C(O)Cn1c(=O)oc2c(C(=O)c3ccccc3)cc(Cl)cc21. The van der Waals surface area contributed by atoms with Crippen LogP contribution in [0.3, 0.4) is 0 Å². The largest absolute Gasteiger partial charge is 0.480 e. The van der Waals surface area contributed by atoms with Gasteiger partial charge < -0.3 is 9.52 Å². The van der Waals surface area contributed by atoms with Gasteiger partial charge in [0.1, 0.15) is 6.54 Å². The predicted octanol–water partition coefficient (Wildman–Crippen LogP) is 2.56. The molecule has 0 aliphatic carbocycles. The molecule has 0 bridgehead atoms.